The van der Waals surface area contributed by atoms with Crippen LogP contribution < -0.4 is 10.1 Å². The minimum Gasteiger partial charge on any atom is -0.496 e. The van der Waals surface area contributed by atoms with Gasteiger partial charge in [-0.15, -0.1) is 0 Å². The molecule has 1 aliphatic carbocycles. The van der Waals surface area contributed by atoms with Crippen LogP contribution in [0.15, 0.2) is 30.5 Å². The third kappa shape index (κ3) is 1.58. The normalized spacial score (nSPS) is 15.1. The zero-order valence-corrected chi connectivity index (χ0v) is 9.23. The van der Waals surface area contributed by atoms with Crippen molar-refractivity contribution in [3.05, 3.63) is 30.5 Å². The molecule has 0 spiro atoms. The first-order valence-corrected chi connectivity index (χ1v) is 5.57. The Morgan fingerprint density at radius 3 is 2.88 bits per heavy atom. The summed E-state index contributed by atoms with van der Waals surface area (Å²) in [5.74, 6) is 1.87. The van der Waals surface area contributed by atoms with Gasteiger partial charge in [0.05, 0.1) is 7.11 Å². The maximum Gasteiger partial charge on any atom is 0.134 e. The summed E-state index contributed by atoms with van der Waals surface area (Å²) in [6, 6.07) is 8.66. The van der Waals surface area contributed by atoms with Gasteiger partial charge in [0, 0.05) is 23.0 Å². The second kappa shape index (κ2) is 3.67. The molecule has 3 rings (SSSR count). The van der Waals surface area contributed by atoms with E-state index in [0.29, 0.717) is 6.04 Å². The lowest BCUT2D eigenvalue weighted by Crippen LogP contribution is -2.03. The van der Waals surface area contributed by atoms with E-state index in [1.165, 1.54) is 12.8 Å². The Hall–Kier alpha value is -1.77. The highest BCUT2D eigenvalue weighted by Gasteiger charge is 2.22. The van der Waals surface area contributed by atoms with Crippen molar-refractivity contribution < 1.29 is 4.74 Å². The van der Waals surface area contributed by atoms with Gasteiger partial charge in [-0.05, 0) is 25.0 Å². The molecule has 1 heterocycles. The maximum atomic E-state index is 5.35. The summed E-state index contributed by atoms with van der Waals surface area (Å²) in [7, 11) is 1.70. The van der Waals surface area contributed by atoms with Gasteiger partial charge in [0.1, 0.15) is 11.6 Å². The quantitative estimate of drug-likeness (QED) is 0.853. The van der Waals surface area contributed by atoms with Crippen LogP contribution in [0.4, 0.5) is 5.82 Å². The molecule has 3 heteroatoms. The highest BCUT2D eigenvalue weighted by atomic mass is 16.5. The van der Waals surface area contributed by atoms with Gasteiger partial charge in [-0.25, -0.2) is 4.98 Å². The van der Waals surface area contributed by atoms with E-state index in [9.17, 15) is 0 Å². The minimum absolute atomic E-state index is 0.615. The van der Waals surface area contributed by atoms with Gasteiger partial charge in [-0.2, -0.15) is 0 Å². The number of benzene rings is 1. The lowest BCUT2D eigenvalue weighted by molar-refractivity contribution is 0.420. The lowest BCUT2D eigenvalue weighted by atomic mass is 10.1. The summed E-state index contributed by atoms with van der Waals surface area (Å²) in [6.45, 7) is 0. The molecule has 0 radical (unpaired) electrons. The molecule has 16 heavy (non-hydrogen) atoms. The van der Waals surface area contributed by atoms with E-state index in [-0.39, 0.29) is 0 Å². The summed E-state index contributed by atoms with van der Waals surface area (Å²) in [5.41, 5.74) is 0. The van der Waals surface area contributed by atoms with E-state index in [1.807, 2.05) is 24.4 Å². The lowest BCUT2D eigenvalue weighted by Gasteiger charge is -2.09. The molecule has 2 aromatic rings. The van der Waals surface area contributed by atoms with Gasteiger partial charge in [0.15, 0.2) is 0 Å². The van der Waals surface area contributed by atoms with Crippen molar-refractivity contribution in [2.45, 2.75) is 18.9 Å². The van der Waals surface area contributed by atoms with Crippen molar-refractivity contribution in [3.8, 4) is 5.75 Å². The SMILES string of the molecule is COc1cccc2c(NC3CC3)nccc12. The first-order valence-electron chi connectivity index (χ1n) is 5.57. The molecule has 0 aliphatic heterocycles. The first kappa shape index (κ1) is 9.46. The van der Waals surface area contributed by atoms with Crippen LogP contribution in [-0.2, 0) is 0 Å². The molecule has 1 saturated carbocycles. The zero-order chi connectivity index (χ0) is 11.0. The van der Waals surface area contributed by atoms with Crippen molar-refractivity contribution in [2.75, 3.05) is 12.4 Å². The molecule has 82 valence electrons. The number of nitrogens with one attached hydrogen (secondary N) is 1. The Balaban J connectivity index is 2.13. The van der Waals surface area contributed by atoms with Crippen LogP contribution in [0.3, 0.4) is 0 Å². The van der Waals surface area contributed by atoms with Crippen molar-refractivity contribution in [3.63, 3.8) is 0 Å². The Morgan fingerprint density at radius 2 is 2.12 bits per heavy atom. The summed E-state index contributed by atoms with van der Waals surface area (Å²) < 4.78 is 5.35. The smallest absolute Gasteiger partial charge is 0.134 e. The molecule has 0 bridgehead atoms. The molecule has 0 amide bonds. The van der Waals surface area contributed by atoms with Crippen LogP contribution in [0.25, 0.3) is 10.8 Å². The van der Waals surface area contributed by atoms with E-state index in [0.717, 1.165) is 22.3 Å². The molecule has 0 saturated heterocycles. The van der Waals surface area contributed by atoms with Crippen LogP contribution in [0, 0.1) is 0 Å². The zero-order valence-electron chi connectivity index (χ0n) is 9.23. The maximum absolute atomic E-state index is 5.35. The third-order valence-corrected chi connectivity index (χ3v) is 2.90. The number of methoxy groups -OCH3 is 1. The first-order chi connectivity index (χ1) is 7.88. The summed E-state index contributed by atoms with van der Waals surface area (Å²) in [4.78, 5) is 4.40. The van der Waals surface area contributed by atoms with Crippen LogP contribution in [0.2, 0.25) is 0 Å². The number of fused-ring (bicyclic) bond motifs is 1. The van der Waals surface area contributed by atoms with Gasteiger partial charge in [-0.1, -0.05) is 12.1 Å². The standard InChI is InChI=1S/C13H14N2O/c1-16-12-4-2-3-11-10(12)7-8-14-13(11)15-9-5-6-9/h2-4,7-9H,5-6H2,1H3,(H,14,15). The van der Waals surface area contributed by atoms with Crippen molar-refractivity contribution in [1.29, 1.82) is 0 Å². The largest absolute Gasteiger partial charge is 0.496 e. The van der Waals surface area contributed by atoms with Gasteiger partial charge in [0.25, 0.3) is 0 Å². The second-order valence-electron chi connectivity index (χ2n) is 4.13. The number of pyridine rings is 1. The van der Waals surface area contributed by atoms with Crippen molar-refractivity contribution in [2.24, 2.45) is 0 Å². The predicted octanol–water partition coefficient (Wildman–Crippen LogP) is 2.82. The summed E-state index contributed by atoms with van der Waals surface area (Å²) in [5, 5.41) is 5.69. The molecular weight excluding hydrogens is 200 g/mol. The summed E-state index contributed by atoms with van der Waals surface area (Å²) in [6.07, 6.45) is 4.33. The van der Waals surface area contributed by atoms with Crippen LogP contribution >= 0.6 is 0 Å². The fourth-order valence-electron chi connectivity index (χ4n) is 1.89. The fourth-order valence-corrected chi connectivity index (χ4v) is 1.89. The van der Waals surface area contributed by atoms with Gasteiger partial charge in [-0.3, -0.25) is 0 Å². The van der Waals surface area contributed by atoms with Gasteiger partial charge >= 0.3 is 0 Å². The fraction of sp³-hybridized carbons (Fsp3) is 0.308. The number of nitrogens with zero attached hydrogens (tertiary/aromatic N) is 1. The Bertz CT molecular complexity index is 520. The third-order valence-electron chi connectivity index (χ3n) is 2.90. The number of aromatic nitrogens is 1. The molecule has 1 aromatic heterocycles. The van der Waals surface area contributed by atoms with E-state index >= 15 is 0 Å². The molecular formula is C13H14N2O. The molecule has 1 N–H and O–H groups in total. The number of hydrogen-bond donors (Lipinski definition) is 1. The van der Waals surface area contributed by atoms with Crippen LogP contribution in [0.5, 0.6) is 5.75 Å². The van der Waals surface area contributed by atoms with Crippen LogP contribution in [-0.4, -0.2) is 18.1 Å². The molecule has 3 nitrogen and oxygen atoms in total. The minimum atomic E-state index is 0.615. The molecule has 1 aliphatic rings. The second-order valence-corrected chi connectivity index (χ2v) is 4.13. The van der Waals surface area contributed by atoms with Gasteiger partial charge in [0.2, 0.25) is 0 Å². The number of hydrogen-bond acceptors (Lipinski definition) is 3. The number of rotatable bonds is 3. The average Bonchev–Trinajstić information content (AvgIpc) is 3.13. The van der Waals surface area contributed by atoms with Gasteiger partial charge < -0.3 is 10.1 Å². The van der Waals surface area contributed by atoms with E-state index in [1.54, 1.807) is 7.11 Å². The number of ether oxygens (including phenoxy) is 1. The monoisotopic (exact) mass is 214 g/mol. The van der Waals surface area contributed by atoms with E-state index < -0.39 is 0 Å². The predicted molar refractivity (Wildman–Crippen MR) is 64.9 cm³/mol. The summed E-state index contributed by atoms with van der Waals surface area (Å²) >= 11 is 0. The average molecular weight is 214 g/mol. The van der Waals surface area contributed by atoms with E-state index in [2.05, 4.69) is 16.4 Å². The van der Waals surface area contributed by atoms with Crippen molar-refractivity contribution >= 4 is 16.6 Å². The molecule has 1 aromatic carbocycles. The molecule has 0 unspecified atom stereocenters. The van der Waals surface area contributed by atoms with Crippen molar-refractivity contribution in [1.82, 2.24) is 4.98 Å². The topological polar surface area (TPSA) is 34.1 Å². The highest BCUT2D eigenvalue weighted by Crippen LogP contribution is 2.31. The number of anilines is 1. The Morgan fingerprint density at radius 1 is 1.25 bits per heavy atom. The Labute approximate surface area is 94.5 Å². The Kier molecular flexibility index (Phi) is 2.17. The van der Waals surface area contributed by atoms with Crippen LogP contribution in [0.1, 0.15) is 12.8 Å². The molecule has 0 atom stereocenters. The highest BCUT2D eigenvalue weighted by molar-refractivity contribution is 5.95. The van der Waals surface area contributed by atoms with E-state index in [4.69, 9.17) is 4.74 Å². The molecule has 1 fully saturated rings.